The van der Waals surface area contributed by atoms with Crippen molar-refractivity contribution in [1.29, 1.82) is 0 Å². The number of hydrogen-bond donors (Lipinski definition) is 2. The van der Waals surface area contributed by atoms with Gasteiger partial charge in [0, 0.05) is 50.4 Å². The molecule has 2 aromatic carbocycles. The molecular weight excluding hydrogens is 448 g/mol. The Kier molecular flexibility index (Phi) is 6.34. The summed E-state index contributed by atoms with van der Waals surface area (Å²) in [7, 11) is -2.10. The van der Waals surface area contributed by atoms with Crippen molar-refractivity contribution in [2.24, 2.45) is 0 Å². The van der Waals surface area contributed by atoms with Crippen molar-refractivity contribution in [2.75, 3.05) is 25.5 Å². The number of anilines is 1. The number of carbonyl (C=O) groups is 2. The smallest absolute Gasteiger partial charge is 0.408 e. The minimum absolute atomic E-state index is 0.000431. The predicted molar refractivity (Wildman–Crippen MR) is 122 cm³/mol. The predicted octanol–water partition coefficient (Wildman–Crippen LogP) is 1.77. The Morgan fingerprint density at radius 2 is 1.76 bits per heavy atom. The second-order valence-corrected chi connectivity index (χ2v) is 9.65. The molecule has 0 atom stereocenters. The van der Waals surface area contributed by atoms with Gasteiger partial charge < -0.3 is 15.1 Å². The second-order valence-electron chi connectivity index (χ2n) is 7.71. The van der Waals surface area contributed by atoms with Gasteiger partial charge in [0.1, 0.15) is 0 Å². The van der Waals surface area contributed by atoms with Crippen LogP contribution in [0.25, 0.3) is 11.1 Å². The number of aryl methyl sites for hydroxylation is 1. The molecule has 10 nitrogen and oxygen atoms in total. The lowest BCUT2D eigenvalue weighted by Crippen LogP contribution is -2.27. The van der Waals surface area contributed by atoms with Gasteiger partial charge in [-0.3, -0.25) is 14.2 Å². The third-order valence-corrected chi connectivity index (χ3v) is 7.46. The largest absolute Gasteiger partial charge is 0.419 e. The van der Waals surface area contributed by atoms with Gasteiger partial charge >= 0.3 is 5.76 Å². The first-order valence-corrected chi connectivity index (χ1v) is 12.0. The van der Waals surface area contributed by atoms with Gasteiger partial charge in [0.25, 0.3) is 5.91 Å². The van der Waals surface area contributed by atoms with Crippen molar-refractivity contribution < 1.29 is 22.4 Å². The number of carbonyl (C=O) groups excluding carboxylic acids is 2. The molecule has 0 radical (unpaired) electrons. The molecule has 1 saturated heterocycles. The van der Waals surface area contributed by atoms with Gasteiger partial charge in [-0.15, -0.1) is 0 Å². The van der Waals surface area contributed by atoms with Gasteiger partial charge in [-0.05, 0) is 49.2 Å². The Hall–Kier alpha value is -3.44. The number of nitrogens with one attached hydrogen (secondary N) is 2. The van der Waals surface area contributed by atoms with Crippen LogP contribution in [0, 0.1) is 0 Å². The summed E-state index contributed by atoms with van der Waals surface area (Å²) in [4.78, 5) is 36.3. The number of nitrogens with zero attached hydrogens (tertiary/aromatic N) is 2. The minimum atomic E-state index is -3.63. The standard InChI is InChI=1S/C22H24N4O6S/c1-23-21(28)15-4-6-16(7-5-15)24-20(27)10-13-26-18-9-8-17(14-19(18)32-22(26)29)33(30,31)25-11-2-3-12-25/h4-9,14H,2-3,10-13H2,1H3,(H,23,28)(H,24,27). The van der Waals surface area contributed by atoms with E-state index in [4.69, 9.17) is 4.42 Å². The molecule has 0 aliphatic carbocycles. The molecule has 2 N–H and O–H groups in total. The van der Waals surface area contributed by atoms with Crippen molar-refractivity contribution in [3.8, 4) is 0 Å². The maximum atomic E-state index is 12.8. The van der Waals surface area contributed by atoms with E-state index in [0.29, 0.717) is 29.9 Å². The highest BCUT2D eigenvalue weighted by Crippen LogP contribution is 2.24. The minimum Gasteiger partial charge on any atom is -0.408 e. The van der Waals surface area contributed by atoms with Crippen LogP contribution in [-0.2, 0) is 21.4 Å². The number of hydrogen-bond acceptors (Lipinski definition) is 6. The number of oxazole rings is 1. The average Bonchev–Trinajstić information content (AvgIpc) is 3.45. The quantitative estimate of drug-likeness (QED) is 0.539. The monoisotopic (exact) mass is 472 g/mol. The first kappa shape index (κ1) is 22.7. The fourth-order valence-corrected chi connectivity index (χ4v) is 5.32. The summed E-state index contributed by atoms with van der Waals surface area (Å²) in [5, 5.41) is 5.23. The van der Waals surface area contributed by atoms with E-state index in [9.17, 15) is 22.8 Å². The molecule has 11 heteroatoms. The first-order chi connectivity index (χ1) is 15.8. The highest BCUT2D eigenvalue weighted by atomic mass is 32.2. The van der Waals surface area contributed by atoms with Gasteiger partial charge in [-0.2, -0.15) is 4.31 Å². The fraction of sp³-hybridized carbons (Fsp3) is 0.318. The molecular formula is C22H24N4O6S. The van der Waals surface area contributed by atoms with Crippen LogP contribution in [0.15, 0.2) is 56.6 Å². The third kappa shape index (κ3) is 4.69. The van der Waals surface area contributed by atoms with Crippen LogP contribution in [0.4, 0.5) is 5.69 Å². The van der Waals surface area contributed by atoms with Crippen molar-refractivity contribution in [1.82, 2.24) is 14.2 Å². The molecule has 33 heavy (non-hydrogen) atoms. The summed E-state index contributed by atoms with van der Waals surface area (Å²) in [5.41, 5.74) is 1.57. The number of rotatable bonds is 7. The molecule has 1 fully saturated rings. The molecule has 0 saturated carbocycles. The third-order valence-electron chi connectivity index (χ3n) is 5.56. The Morgan fingerprint density at radius 1 is 1.06 bits per heavy atom. The molecule has 0 bridgehead atoms. The molecule has 1 aliphatic heterocycles. The maximum Gasteiger partial charge on any atom is 0.419 e. The van der Waals surface area contributed by atoms with Crippen molar-refractivity contribution in [2.45, 2.75) is 30.7 Å². The summed E-state index contributed by atoms with van der Waals surface area (Å²) in [5.74, 6) is -1.21. The SMILES string of the molecule is CNC(=O)c1ccc(NC(=O)CCn2c(=O)oc3cc(S(=O)(=O)N4CCCC4)ccc32)cc1. The summed E-state index contributed by atoms with van der Waals surface area (Å²) in [6.45, 7) is 1.02. The zero-order valence-corrected chi connectivity index (χ0v) is 18.9. The average molecular weight is 473 g/mol. The summed E-state index contributed by atoms with van der Waals surface area (Å²) in [6, 6.07) is 10.8. The van der Waals surface area contributed by atoms with E-state index in [1.165, 1.54) is 34.1 Å². The molecule has 3 aromatic rings. The van der Waals surface area contributed by atoms with Crippen LogP contribution in [0.5, 0.6) is 0 Å². The van der Waals surface area contributed by atoms with Crippen LogP contribution in [-0.4, -0.2) is 49.2 Å². The van der Waals surface area contributed by atoms with E-state index in [1.807, 2.05) is 0 Å². The van der Waals surface area contributed by atoms with Crippen molar-refractivity contribution >= 4 is 38.6 Å². The topological polar surface area (TPSA) is 131 Å². The molecule has 1 aromatic heterocycles. The summed E-state index contributed by atoms with van der Waals surface area (Å²) < 4.78 is 33.5. The molecule has 2 amide bonds. The summed E-state index contributed by atoms with van der Waals surface area (Å²) >= 11 is 0. The molecule has 1 aliphatic rings. The number of sulfonamides is 1. The lowest BCUT2D eigenvalue weighted by Gasteiger charge is -2.15. The van der Waals surface area contributed by atoms with Crippen LogP contribution >= 0.6 is 0 Å². The van der Waals surface area contributed by atoms with Crippen LogP contribution in [0.1, 0.15) is 29.6 Å². The Morgan fingerprint density at radius 3 is 2.42 bits per heavy atom. The van der Waals surface area contributed by atoms with E-state index >= 15 is 0 Å². The van der Waals surface area contributed by atoms with Crippen LogP contribution in [0.3, 0.4) is 0 Å². The van der Waals surface area contributed by atoms with Crippen LogP contribution in [0.2, 0.25) is 0 Å². The normalized spacial score (nSPS) is 14.5. The first-order valence-electron chi connectivity index (χ1n) is 10.5. The van der Waals surface area contributed by atoms with Gasteiger partial charge in [-0.1, -0.05) is 0 Å². The van der Waals surface area contributed by atoms with E-state index in [2.05, 4.69) is 10.6 Å². The molecule has 2 heterocycles. The number of fused-ring (bicyclic) bond motifs is 1. The van der Waals surface area contributed by atoms with Crippen LogP contribution < -0.4 is 16.4 Å². The number of amides is 2. The molecule has 4 rings (SSSR count). The van der Waals surface area contributed by atoms with E-state index in [-0.39, 0.29) is 35.3 Å². The molecule has 0 unspecified atom stereocenters. The van der Waals surface area contributed by atoms with Gasteiger partial charge in [0.05, 0.1) is 10.4 Å². The Labute approximate surface area is 190 Å². The maximum absolute atomic E-state index is 12.8. The van der Waals surface area contributed by atoms with Crippen molar-refractivity contribution in [3.63, 3.8) is 0 Å². The number of aromatic nitrogens is 1. The van der Waals surface area contributed by atoms with Gasteiger partial charge in [-0.25, -0.2) is 13.2 Å². The van der Waals surface area contributed by atoms with Gasteiger partial charge in [0.2, 0.25) is 15.9 Å². The summed E-state index contributed by atoms with van der Waals surface area (Å²) in [6.07, 6.45) is 1.65. The lowest BCUT2D eigenvalue weighted by molar-refractivity contribution is -0.116. The Balaban J connectivity index is 1.45. The zero-order chi connectivity index (χ0) is 23.6. The molecule has 174 valence electrons. The highest BCUT2D eigenvalue weighted by Gasteiger charge is 2.28. The lowest BCUT2D eigenvalue weighted by atomic mass is 10.2. The van der Waals surface area contributed by atoms with Crippen molar-refractivity contribution in [3.05, 3.63) is 58.6 Å². The Bertz CT molecular complexity index is 1350. The van der Waals surface area contributed by atoms with E-state index < -0.39 is 15.8 Å². The van der Waals surface area contributed by atoms with E-state index in [0.717, 1.165) is 12.8 Å². The fourth-order valence-electron chi connectivity index (χ4n) is 3.78. The van der Waals surface area contributed by atoms with Gasteiger partial charge in [0.15, 0.2) is 5.58 Å². The molecule has 0 spiro atoms. The second kappa shape index (κ2) is 9.20. The van der Waals surface area contributed by atoms with E-state index in [1.54, 1.807) is 24.3 Å². The number of benzene rings is 2. The zero-order valence-electron chi connectivity index (χ0n) is 18.0. The highest BCUT2D eigenvalue weighted by molar-refractivity contribution is 7.89.